The molecule has 2 aliphatic heterocycles. The van der Waals surface area contributed by atoms with Crippen LogP contribution in [-0.4, -0.2) is 112 Å². The molecule has 11 rings (SSSR count). The van der Waals surface area contributed by atoms with E-state index in [1.54, 1.807) is 43.3 Å². The zero-order chi connectivity index (χ0) is 52.9. The number of likely N-dealkylation sites (N-methyl/N-ethyl adjacent to an activating group) is 1. The Bertz CT molecular complexity index is 3400. The number of ether oxygens (including phenoxy) is 5. The largest absolute Gasteiger partial charge is 0.497 e. The van der Waals surface area contributed by atoms with Crippen LogP contribution in [0.3, 0.4) is 0 Å². The highest BCUT2D eigenvalue weighted by molar-refractivity contribution is 5.94. The van der Waals surface area contributed by atoms with Crippen LogP contribution in [0.1, 0.15) is 41.8 Å². The fourth-order valence-electron chi connectivity index (χ4n) is 9.84. The monoisotopic (exact) mass is 1030 g/mol. The molecule has 3 atom stereocenters. The van der Waals surface area contributed by atoms with Crippen molar-refractivity contribution in [2.75, 3.05) is 69.6 Å². The number of anilines is 4. The molecular formula is C59H58N10O8. The van der Waals surface area contributed by atoms with Gasteiger partial charge in [-0.25, -0.2) is 4.98 Å². The van der Waals surface area contributed by atoms with Gasteiger partial charge in [-0.3, -0.25) is 9.36 Å². The second-order valence-corrected chi connectivity index (χ2v) is 19.0. The summed E-state index contributed by atoms with van der Waals surface area (Å²) in [5.74, 6) is 2.07. The topological polar surface area (TPSA) is 197 Å². The van der Waals surface area contributed by atoms with E-state index in [1.165, 1.54) is 6.92 Å². The molecule has 3 aromatic heterocycles. The standard InChI is InChI=1S/C59H58N10O8/c1-38(70)61-48-28-17-41(56-66-65-55(77-56)40-15-22-45(23-16-40)68-31-29-67(2)30-32-68)33-49(48)62-58-63-54-53(57(64-58)74-35-39-11-7-5-8-12-39)60-37-69(54)52-34-50(71)51(76-52)36-75-59(42-13-9-6-10-14-42,43-18-24-46(72-3)25-19-43)44-20-26-47(73-4)27-21-44/h5-28,33,37,50-52,71H,29-32,34-36H2,1-4H3,(H,61,70)(H,62,63,64). The Labute approximate surface area is 445 Å². The molecule has 18 nitrogen and oxygen atoms in total. The molecule has 18 heteroatoms. The molecule has 9 aromatic rings. The lowest BCUT2D eigenvalue weighted by Crippen LogP contribution is -2.44. The van der Waals surface area contributed by atoms with Crippen molar-refractivity contribution in [3.8, 4) is 40.3 Å². The van der Waals surface area contributed by atoms with Crippen LogP contribution in [0.25, 0.3) is 34.1 Å². The van der Waals surface area contributed by atoms with Gasteiger partial charge in [0.1, 0.15) is 36.0 Å². The minimum atomic E-state index is -1.14. The van der Waals surface area contributed by atoms with E-state index in [0.29, 0.717) is 45.5 Å². The molecule has 0 spiro atoms. The third-order valence-corrected chi connectivity index (χ3v) is 14.0. The number of hydrogen-bond acceptors (Lipinski definition) is 16. The molecule has 1 amide bonds. The van der Waals surface area contributed by atoms with Gasteiger partial charge in [0.2, 0.25) is 29.5 Å². The predicted octanol–water partition coefficient (Wildman–Crippen LogP) is 9.25. The summed E-state index contributed by atoms with van der Waals surface area (Å²) in [6.45, 7) is 5.56. The number of rotatable bonds is 18. The lowest BCUT2D eigenvalue weighted by molar-refractivity contribution is -0.114. The molecule has 0 saturated carbocycles. The number of methoxy groups -OCH3 is 2. The van der Waals surface area contributed by atoms with E-state index in [1.807, 2.05) is 121 Å². The van der Waals surface area contributed by atoms with Crippen molar-refractivity contribution in [3.05, 3.63) is 180 Å². The number of amides is 1. The fraction of sp³-hybridized carbons (Fsp3) is 0.254. The van der Waals surface area contributed by atoms with E-state index in [0.717, 1.165) is 59.7 Å². The van der Waals surface area contributed by atoms with Crippen LogP contribution < -0.4 is 29.7 Å². The number of piperazine rings is 1. The number of carbonyl (C=O) groups is 1. The Morgan fingerprint density at radius 1 is 0.740 bits per heavy atom. The van der Waals surface area contributed by atoms with Gasteiger partial charge in [-0.15, -0.1) is 10.2 Å². The third kappa shape index (κ3) is 10.8. The zero-order valence-electron chi connectivity index (χ0n) is 43.1. The maximum atomic E-state index is 12.6. The van der Waals surface area contributed by atoms with E-state index in [-0.39, 0.29) is 43.3 Å². The molecule has 6 aromatic carbocycles. The molecule has 77 heavy (non-hydrogen) atoms. The summed E-state index contributed by atoms with van der Waals surface area (Å²) in [4.78, 5) is 31.9. The lowest BCUT2D eigenvalue weighted by atomic mass is 9.80. The molecule has 5 heterocycles. The Balaban J connectivity index is 0.898. The summed E-state index contributed by atoms with van der Waals surface area (Å²) in [7, 11) is 5.40. The van der Waals surface area contributed by atoms with Crippen molar-refractivity contribution in [3.63, 3.8) is 0 Å². The van der Waals surface area contributed by atoms with Gasteiger partial charge in [-0.1, -0.05) is 84.9 Å². The minimum Gasteiger partial charge on any atom is -0.497 e. The van der Waals surface area contributed by atoms with E-state index in [9.17, 15) is 9.90 Å². The fourth-order valence-corrected chi connectivity index (χ4v) is 9.84. The molecule has 3 unspecified atom stereocenters. The number of aromatic nitrogens is 6. The summed E-state index contributed by atoms with van der Waals surface area (Å²) in [5, 5.41) is 26.9. The van der Waals surface area contributed by atoms with Crippen molar-refractivity contribution in [2.45, 2.75) is 44.0 Å². The molecule has 0 radical (unpaired) electrons. The number of nitrogens with zero attached hydrogens (tertiary/aromatic N) is 8. The highest BCUT2D eigenvalue weighted by Crippen LogP contribution is 2.44. The maximum absolute atomic E-state index is 12.6. The van der Waals surface area contributed by atoms with Crippen molar-refractivity contribution in [1.82, 2.24) is 34.6 Å². The Kier molecular flexibility index (Phi) is 14.6. The van der Waals surface area contributed by atoms with Gasteiger partial charge in [0, 0.05) is 56.3 Å². The first-order valence-corrected chi connectivity index (χ1v) is 25.4. The highest BCUT2D eigenvalue weighted by atomic mass is 16.6. The van der Waals surface area contributed by atoms with Crippen molar-refractivity contribution in [2.24, 2.45) is 0 Å². The molecule has 0 aliphatic carbocycles. The molecule has 392 valence electrons. The highest BCUT2D eigenvalue weighted by Gasteiger charge is 2.42. The lowest BCUT2D eigenvalue weighted by Gasteiger charge is -2.37. The third-order valence-electron chi connectivity index (χ3n) is 14.0. The number of aliphatic hydroxyl groups excluding tert-OH is 1. The van der Waals surface area contributed by atoms with Crippen molar-refractivity contribution < 1.29 is 38.0 Å². The Morgan fingerprint density at radius 3 is 2.01 bits per heavy atom. The normalized spacial score (nSPS) is 16.8. The van der Waals surface area contributed by atoms with Gasteiger partial charge >= 0.3 is 0 Å². The van der Waals surface area contributed by atoms with Crippen LogP contribution in [0, 0.1) is 0 Å². The van der Waals surface area contributed by atoms with E-state index < -0.39 is 24.0 Å². The molecule has 2 fully saturated rings. The minimum absolute atomic E-state index is 0.00251. The van der Waals surface area contributed by atoms with Gasteiger partial charge in [0.05, 0.1) is 44.6 Å². The van der Waals surface area contributed by atoms with Gasteiger partial charge in [0.25, 0.3) is 0 Å². The Morgan fingerprint density at radius 2 is 1.36 bits per heavy atom. The molecule has 0 bridgehead atoms. The zero-order valence-corrected chi connectivity index (χ0v) is 43.1. The average molecular weight is 1040 g/mol. The number of carbonyl (C=O) groups excluding carboxylic acids is 1. The molecule has 2 aliphatic rings. The quantitative estimate of drug-likeness (QED) is 0.0687. The van der Waals surface area contributed by atoms with Crippen molar-refractivity contribution in [1.29, 1.82) is 0 Å². The number of benzene rings is 6. The van der Waals surface area contributed by atoms with E-state index in [4.69, 9.17) is 43.1 Å². The molecular weight excluding hydrogens is 977 g/mol. The van der Waals surface area contributed by atoms with Crippen LogP contribution >= 0.6 is 0 Å². The summed E-state index contributed by atoms with van der Waals surface area (Å²) in [5.41, 5.74) is 6.48. The van der Waals surface area contributed by atoms with Gasteiger partial charge in [-0.05, 0) is 96.0 Å². The average Bonchev–Trinajstić information content (AvgIpc) is 4.24. The Hall–Kier alpha value is -8.68. The summed E-state index contributed by atoms with van der Waals surface area (Å²) < 4.78 is 39.4. The van der Waals surface area contributed by atoms with Crippen LogP contribution in [-0.2, 0) is 26.5 Å². The second kappa shape index (κ2) is 22.3. The van der Waals surface area contributed by atoms with Gasteiger partial charge < -0.3 is 53.6 Å². The van der Waals surface area contributed by atoms with Crippen LogP contribution in [0.2, 0.25) is 0 Å². The van der Waals surface area contributed by atoms with Crippen molar-refractivity contribution >= 4 is 40.1 Å². The number of imidazole rings is 1. The maximum Gasteiger partial charge on any atom is 0.248 e. The first kappa shape index (κ1) is 50.5. The van der Waals surface area contributed by atoms with Crippen LogP contribution in [0.5, 0.6) is 17.4 Å². The van der Waals surface area contributed by atoms with E-state index in [2.05, 4.69) is 49.8 Å². The van der Waals surface area contributed by atoms with Gasteiger partial charge in [-0.2, -0.15) is 9.97 Å². The smallest absolute Gasteiger partial charge is 0.248 e. The predicted molar refractivity (Wildman–Crippen MR) is 291 cm³/mol. The van der Waals surface area contributed by atoms with Crippen LogP contribution in [0.15, 0.2) is 162 Å². The summed E-state index contributed by atoms with van der Waals surface area (Å²) in [6.07, 6.45) is -0.648. The van der Waals surface area contributed by atoms with Gasteiger partial charge in [0.15, 0.2) is 11.2 Å². The number of hydrogen-bond donors (Lipinski definition) is 3. The first-order valence-electron chi connectivity index (χ1n) is 25.4. The van der Waals surface area contributed by atoms with Crippen LogP contribution in [0.4, 0.5) is 23.0 Å². The van der Waals surface area contributed by atoms with E-state index >= 15 is 0 Å². The summed E-state index contributed by atoms with van der Waals surface area (Å²) >= 11 is 0. The second-order valence-electron chi connectivity index (χ2n) is 19.0. The number of aliphatic hydroxyl groups is 1. The number of nitrogens with one attached hydrogen (secondary N) is 2. The first-order chi connectivity index (χ1) is 37.6. The molecule has 2 saturated heterocycles. The molecule has 3 N–H and O–H groups in total. The summed E-state index contributed by atoms with van der Waals surface area (Å²) in [6, 6.07) is 48.7. The number of fused-ring (bicyclic) bond motifs is 1. The SMILES string of the molecule is COc1ccc(C(OCC2OC(n3cnc4c(OCc5ccccc5)nc(Nc5cc(-c6nnc(-c7ccc(N8CCN(C)CC8)cc7)o6)ccc5NC(C)=O)nc43)CC2O)(c2ccccc2)c2ccc(OC)cc2)cc1.